The van der Waals surface area contributed by atoms with Crippen LogP contribution in [0, 0.1) is 0 Å². The highest BCUT2D eigenvalue weighted by Crippen LogP contribution is 2.35. The van der Waals surface area contributed by atoms with E-state index >= 15 is 0 Å². The van der Waals surface area contributed by atoms with Gasteiger partial charge in [-0.2, -0.15) is 0 Å². The Bertz CT molecular complexity index is 668. The molecule has 1 saturated heterocycles. The van der Waals surface area contributed by atoms with Crippen molar-refractivity contribution in [3.8, 4) is 0 Å². The van der Waals surface area contributed by atoms with E-state index in [1.54, 1.807) is 4.90 Å². The Morgan fingerprint density at radius 1 is 1.19 bits per heavy atom. The second-order valence-corrected chi connectivity index (χ2v) is 7.23. The molecule has 6 heteroatoms. The van der Waals surface area contributed by atoms with Crippen LogP contribution < -0.4 is 5.32 Å². The Kier molecular flexibility index (Phi) is 5.59. The van der Waals surface area contributed by atoms with Gasteiger partial charge in [0.25, 0.3) is 5.91 Å². The van der Waals surface area contributed by atoms with Gasteiger partial charge in [0.15, 0.2) is 0 Å². The summed E-state index contributed by atoms with van der Waals surface area (Å²) < 4.78 is 0. The summed E-state index contributed by atoms with van der Waals surface area (Å²) in [4.78, 5) is 40.6. The lowest BCUT2D eigenvalue weighted by molar-refractivity contribution is -0.134. The van der Waals surface area contributed by atoms with Crippen LogP contribution in [0.5, 0.6) is 0 Å². The first-order chi connectivity index (χ1) is 12.6. The number of nitrogens with zero attached hydrogens (tertiary/aromatic N) is 2. The van der Waals surface area contributed by atoms with E-state index in [2.05, 4.69) is 5.32 Å². The minimum Gasteiger partial charge on any atom is -0.338 e. The van der Waals surface area contributed by atoms with Crippen molar-refractivity contribution >= 4 is 17.8 Å². The summed E-state index contributed by atoms with van der Waals surface area (Å²) in [6.07, 6.45) is 4.36. The van der Waals surface area contributed by atoms with Crippen molar-refractivity contribution < 1.29 is 14.4 Å². The fraction of sp³-hybridized carbons (Fsp3) is 0.550. The fourth-order valence-electron chi connectivity index (χ4n) is 3.93. The van der Waals surface area contributed by atoms with Crippen molar-refractivity contribution in [3.63, 3.8) is 0 Å². The van der Waals surface area contributed by atoms with Crippen LogP contribution in [0.1, 0.15) is 51.0 Å². The monoisotopic (exact) mass is 357 g/mol. The summed E-state index contributed by atoms with van der Waals surface area (Å²) >= 11 is 0. The predicted molar refractivity (Wildman–Crippen MR) is 98.2 cm³/mol. The third-order valence-corrected chi connectivity index (χ3v) is 5.31. The number of amides is 4. The molecule has 0 unspecified atom stereocenters. The molecule has 1 aromatic carbocycles. The van der Waals surface area contributed by atoms with Gasteiger partial charge < -0.3 is 10.2 Å². The first-order valence-corrected chi connectivity index (χ1v) is 9.51. The Balaban J connectivity index is 1.59. The average Bonchev–Trinajstić information content (AvgIpc) is 3.19. The molecule has 1 spiro atoms. The maximum Gasteiger partial charge on any atom is 0.325 e. The van der Waals surface area contributed by atoms with Gasteiger partial charge in [-0.05, 0) is 24.8 Å². The zero-order chi connectivity index (χ0) is 18.6. The first-order valence-electron chi connectivity index (χ1n) is 9.51. The molecule has 0 radical (unpaired) electrons. The molecule has 1 aliphatic heterocycles. The van der Waals surface area contributed by atoms with E-state index in [1.807, 2.05) is 37.3 Å². The molecule has 0 atom stereocenters. The van der Waals surface area contributed by atoms with Gasteiger partial charge in [-0.1, -0.05) is 50.1 Å². The standard InChI is InChI=1S/C20H27N3O3/c1-2-13-22(15-16-8-4-3-5-9-16)17(24)10-14-23-18(25)20(21-19(23)26)11-6-7-12-20/h3-5,8-9H,2,6-7,10-15H2,1H3,(H,21,26). The highest BCUT2D eigenvalue weighted by Gasteiger charge is 2.52. The van der Waals surface area contributed by atoms with Gasteiger partial charge in [-0.3, -0.25) is 14.5 Å². The second kappa shape index (κ2) is 7.89. The molecule has 1 N–H and O–H groups in total. The van der Waals surface area contributed by atoms with E-state index in [0.29, 0.717) is 25.9 Å². The van der Waals surface area contributed by atoms with Crippen molar-refractivity contribution in [3.05, 3.63) is 35.9 Å². The van der Waals surface area contributed by atoms with Crippen LogP contribution in [0.4, 0.5) is 4.79 Å². The second-order valence-electron chi connectivity index (χ2n) is 7.23. The molecule has 1 aromatic rings. The van der Waals surface area contributed by atoms with Crippen LogP contribution in [0.25, 0.3) is 0 Å². The van der Waals surface area contributed by atoms with Crippen LogP contribution >= 0.6 is 0 Å². The molecule has 6 nitrogen and oxygen atoms in total. The van der Waals surface area contributed by atoms with E-state index in [4.69, 9.17) is 0 Å². The number of nitrogens with one attached hydrogen (secondary N) is 1. The number of carbonyl (C=O) groups excluding carboxylic acids is 3. The normalized spacial score (nSPS) is 18.4. The van der Waals surface area contributed by atoms with Gasteiger partial charge in [0.1, 0.15) is 5.54 Å². The summed E-state index contributed by atoms with van der Waals surface area (Å²) in [7, 11) is 0. The maximum absolute atomic E-state index is 12.7. The summed E-state index contributed by atoms with van der Waals surface area (Å²) in [5.74, 6) is -0.179. The third kappa shape index (κ3) is 3.74. The summed E-state index contributed by atoms with van der Waals surface area (Å²) in [5, 5.41) is 2.86. The van der Waals surface area contributed by atoms with Gasteiger partial charge in [0.05, 0.1) is 0 Å². The van der Waals surface area contributed by atoms with Gasteiger partial charge in [-0.15, -0.1) is 0 Å². The molecule has 3 rings (SSSR count). The van der Waals surface area contributed by atoms with Gasteiger partial charge in [0.2, 0.25) is 5.91 Å². The van der Waals surface area contributed by atoms with Crippen LogP contribution in [0.2, 0.25) is 0 Å². The molecule has 0 aromatic heterocycles. The van der Waals surface area contributed by atoms with Crippen molar-refractivity contribution in [2.45, 2.75) is 57.5 Å². The van der Waals surface area contributed by atoms with E-state index in [9.17, 15) is 14.4 Å². The number of imide groups is 1. The number of hydrogen-bond donors (Lipinski definition) is 1. The molecular weight excluding hydrogens is 330 g/mol. The van der Waals surface area contributed by atoms with Crippen molar-refractivity contribution in [1.82, 2.24) is 15.1 Å². The fourth-order valence-corrected chi connectivity index (χ4v) is 3.93. The lowest BCUT2D eigenvalue weighted by Gasteiger charge is -2.24. The minimum absolute atomic E-state index is 0.0244. The lowest BCUT2D eigenvalue weighted by atomic mass is 9.98. The molecule has 2 fully saturated rings. The SMILES string of the molecule is CCCN(Cc1ccccc1)C(=O)CCN1C(=O)NC2(CCCC2)C1=O. The molecule has 26 heavy (non-hydrogen) atoms. The number of carbonyl (C=O) groups is 3. The zero-order valence-electron chi connectivity index (χ0n) is 15.4. The number of hydrogen-bond acceptors (Lipinski definition) is 3. The summed E-state index contributed by atoms with van der Waals surface area (Å²) in [6.45, 7) is 3.40. The molecule has 140 valence electrons. The van der Waals surface area contributed by atoms with E-state index in [0.717, 1.165) is 24.8 Å². The Labute approximate surface area is 154 Å². The van der Waals surface area contributed by atoms with E-state index in [-0.39, 0.29) is 30.8 Å². The Hall–Kier alpha value is -2.37. The quantitative estimate of drug-likeness (QED) is 0.763. The zero-order valence-corrected chi connectivity index (χ0v) is 15.4. The summed E-state index contributed by atoms with van der Waals surface area (Å²) in [5.41, 5.74) is 0.377. The lowest BCUT2D eigenvalue weighted by Crippen LogP contribution is -2.44. The van der Waals surface area contributed by atoms with E-state index < -0.39 is 5.54 Å². The van der Waals surface area contributed by atoms with E-state index in [1.165, 1.54) is 4.90 Å². The van der Waals surface area contributed by atoms with Crippen LogP contribution in [0.3, 0.4) is 0 Å². The summed E-state index contributed by atoms with van der Waals surface area (Å²) in [6, 6.07) is 9.51. The van der Waals surface area contributed by atoms with Gasteiger partial charge >= 0.3 is 6.03 Å². The number of benzene rings is 1. The minimum atomic E-state index is -0.701. The Morgan fingerprint density at radius 2 is 1.88 bits per heavy atom. The molecular formula is C20H27N3O3. The van der Waals surface area contributed by atoms with Crippen LogP contribution in [-0.2, 0) is 16.1 Å². The van der Waals surface area contributed by atoms with Crippen molar-refractivity contribution in [2.75, 3.05) is 13.1 Å². The predicted octanol–water partition coefficient (Wildman–Crippen LogP) is 2.68. The molecule has 2 aliphatic rings. The average molecular weight is 357 g/mol. The largest absolute Gasteiger partial charge is 0.338 e. The van der Waals surface area contributed by atoms with Crippen molar-refractivity contribution in [2.24, 2.45) is 0 Å². The molecule has 0 bridgehead atoms. The Morgan fingerprint density at radius 3 is 2.54 bits per heavy atom. The van der Waals surface area contributed by atoms with Crippen LogP contribution in [-0.4, -0.2) is 46.3 Å². The van der Waals surface area contributed by atoms with Gasteiger partial charge in [0, 0.05) is 26.1 Å². The molecule has 1 aliphatic carbocycles. The van der Waals surface area contributed by atoms with Crippen molar-refractivity contribution in [1.29, 1.82) is 0 Å². The highest BCUT2D eigenvalue weighted by atomic mass is 16.2. The molecule has 1 saturated carbocycles. The van der Waals surface area contributed by atoms with Crippen LogP contribution in [0.15, 0.2) is 30.3 Å². The number of rotatable bonds is 7. The number of urea groups is 1. The highest BCUT2D eigenvalue weighted by molar-refractivity contribution is 6.07. The van der Waals surface area contributed by atoms with Gasteiger partial charge in [-0.25, -0.2) is 4.79 Å². The third-order valence-electron chi connectivity index (χ3n) is 5.31. The molecule has 1 heterocycles. The topological polar surface area (TPSA) is 69.7 Å². The first kappa shape index (κ1) is 18.4. The maximum atomic E-state index is 12.7. The molecule has 4 amide bonds. The smallest absolute Gasteiger partial charge is 0.325 e.